The molecule has 3 amide bonds. The van der Waals surface area contributed by atoms with Crippen LogP contribution in [0.3, 0.4) is 0 Å². The van der Waals surface area contributed by atoms with Crippen LogP contribution in [0.25, 0.3) is 6.08 Å². The van der Waals surface area contributed by atoms with Gasteiger partial charge in [-0.15, -0.1) is 0 Å². The largest absolute Gasteiger partial charge is 0.380 e. The highest BCUT2D eigenvalue weighted by atomic mass is 16.5. The number of nitrogens with zero attached hydrogens (tertiary/aromatic N) is 2. The molecular weight excluding hydrogens is 348 g/mol. The van der Waals surface area contributed by atoms with Crippen molar-refractivity contribution in [1.29, 1.82) is 0 Å². The summed E-state index contributed by atoms with van der Waals surface area (Å²) in [4.78, 5) is 38.7. The van der Waals surface area contributed by atoms with Crippen LogP contribution in [0.2, 0.25) is 0 Å². The molecule has 0 unspecified atom stereocenters. The molecule has 0 atom stereocenters. The van der Waals surface area contributed by atoms with Gasteiger partial charge in [0, 0.05) is 32.4 Å². The van der Waals surface area contributed by atoms with E-state index >= 15 is 0 Å². The zero-order valence-electron chi connectivity index (χ0n) is 16.0. The molecule has 0 aliphatic rings. The molecule has 1 aromatic rings. The number of aldehydes is 1. The summed E-state index contributed by atoms with van der Waals surface area (Å²) in [7, 11) is 0. The van der Waals surface area contributed by atoms with Crippen molar-refractivity contribution in [2.75, 3.05) is 46.1 Å². The highest BCUT2D eigenvalue weighted by molar-refractivity contribution is 6.03. The van der Waals surface area contributed by atoms with E-state index in [-0.39, 0.29) is 6.54 Å². The minimum Gasteiger partial charge on any atom is -0.380 e. The van der Waals surface area contributed by atoms with Gasteiger partial charge < -0.3 is 19.2 Å². The lowest BCUT2D eigenvalue weighted by molar-refractivity contribution is -0.126. The molecule has 0 heterocycles. The van der Waals surface area contributed by atoms with Crippen LogP contribution < -0.4 is 0 Å². The van der Waals surface area contributed by atoms with E-state index in [2.05, 4.69) is 0 Å². The number of benzene rings is 1. The molecule has 0 aliphatic carbocycles. The maximum absolute atomic E-state index is 12.8. The van der Waals surface area contributed by atoms with Crippen molar-refractivity contribution in [3.05, 3.63) is 42.0 Å². The Balaban J connectivity index is 2.84. The Labute approximate surface area is 160 Å². The Morgan fingerprint density at radius 2 is 1.59 bits per heavy atom. The Morgan fingerprint density at radius 1 is 1.00 bits per heavy atom. The third-order valence-corrected chi connectivity index (χ3v) is 3.66. The van der Waals surface area contributed by atoms with Crippen LogP contribution in [-0.4, -0.2) is 74.1 Å². The third-order valence-electron chi connectivity index (χ3n) is 3.66. The molecule has 0 spiro atoms. The van der Waals surface area contributed by atoms with Gasteiger partial charge in [0.2, 0.25) is 0 Å². The summed E-state index contributed by atoms with van der Waals surface area (Å²) in [5, 5.41) is 0. The van der Waals surface area contributed by atoms with Gasteiger partial charge in [-0.25, -0.2) is 4.79 Å². The fraction of sp³-hybridized carbons (Fsp3) is 0.450. The first kappa shape index (κ1) is 22.5. The van der Waals surface area contributed by atoms with E-state index in [0.29, 0.717) is 45.8 Å². The number of urea groups is 1. The highest BCUT2D eigenvalue weighted by Gasteiger charge is 2.24. The van der Waals surface area contributed by atoms with Crippen LogP contribution in [0, 0.1) is 0 Å². The van der Waals surface area contributed by atoms with Gasteiger partial charge in [0.05, 0.1) is 19.8 Å². The first-order valence-corrected chi connectivity index (χ1v) is 9.06. The lowest BCUT2D eigenvalue weighted by atomic mass is 10.2. The minimum absolute atomic E-state index is 0.309. The molecule has 0 radical (unpaired) electrons. The van der Waals surface area contributed by atoms with Crippen LogP contribution in [-0.2, 0) is 19.1 Å². The quantitative estimate of drug-likeness (QED) is 0.318. The molecule has 0 bridgehead atoms. The van der Waals surface area contributed by atoms with Crippen molar-refractivity contribution >= 4 is 24.3 Å². The second-order valence-corrected chi connectivity index (χ2v) is 5.52. The summed E-state index contributed by atoms with van der Waals surface area (Å²) in [6.07, 6.45) is 3.44. The van der Waals surface area contributed by atoms with Gasteiger partial charge in [-0.1, -0.05) is 30.3 Å². The highest BCUT2D eigenvalue weighted by Crippen LogP contribution is 2.05. The normalized spacial score (nSPS) is 10.7. The molecule has 0 N–H and O–H groups in total. The number of ether oxygens (including phenoxy) is 2. The number of carbonyl (C=O) groups is 3. The first-order valence-electron chi connectivity index (χ1n) is 9.06. The Kier molecular flexibility index (Phi) is 11.4. The standard InChI is InChI=1S/C20H28N2O5/c1-3-26-16-13-21(14-17-27-4-2)20(25)22(12-15-23)19(24)11-10-18-8-6-5-7-9-18/h5-11,15H,3-4,12-14,16-17H2,1-2H3. The van der Waals surface area contributed by atoms with E-state index in [0.717, 1.165) is 10.5 Å². The van der Waals surface area contributed by atoms with Crippen LogP contribution in [0.5, 0.6) is 0 Å². The van der Waals surface area contributed by atoms with Gasteiger partial charge in [0.1, 0.15) is 6.29 Å². The number of hydrogen-bond donors (Lipinski definition) is 0. The van der Waals surface area contributed by atoms with E-state index in [1.807, 2.05) is 44.2 Å². The minimum atomic E-state index is -0.547. The summed E-state index contributed by atoms with van der Waals surface area (Å²) >= 11 is 0. The van der Waals surface area contributed by atoms with Crippen LogP contribution in [0.4, 0.5) is 4.79 Å². The lowest BCUT2D eigenvalue weighted by Crippen LogP contribution is -2.48. The predicted molar refractivity (Wildman–Crippen MR) is 103 cm³/mol. The third kappa shape index (κ3) is 8.61. The molecule has 27 heavy (non-hydrogen) atoms. The van der Waals surface area contributed by atoms with Crippen LogP contribution in [0.15, 0.2) is 36.4 Å². The molecule has 0 aromatic heterocycles. The molecule has 0 aliphatic heterocycles. The van der Waals surface area contributed by atoms with Gasteiger partial charge in [-0.2, -0.15) is 0 Å². The Bertz CT molecular complexity index is 594. The number of imide groups is 1. The van der Waals surface area contributed by atoms with Gasteiger partial charge in [-0.05, 0) is 25.5 Å². The average molecular weight is 376 g/mol. The molecular formula is C20H28N2O5. The summed E-state index contributed by atoms with van der Waals surface area (Å²) in [6, 6.07) is 8.71. The molecule has 0 saturated carbocycles. The summed E-state index contributed by atoms with van der Waals surface area (Å²) in [5.74, 6) is -0.547. The van der Waals surface area contributed by atoms with Gasteiger partial charge >= 0.3 is 6.03 Å². The van der Waals surface area contributed by atoms with Crippen molar-refractivity contribution in [2.24, 2.45) is 0 Å². The van der Waals surface area contributed by atoms with E-state index in [1.165, 1.54) is 11.0 Å². The summed E-state index contributed by atoms with van der Waals surface area (Å²) in [6.45, 7) is 5.79. The maximum Gasteiger partial charge on any atom is 0.327 e. The van der Waals surface area contributed by atoms with Crippen molar-refractivity contribution in [1.82, 2.24) is 9.80 Å². The van der Waals surface area contributed by atoms with Gasteiger partial charge in [-0.3, -0.25) is 9.69 Å². The maximum atomic E-state index is 12.8. The lowest BCUT2D eigenvalue weighted by Gasteiger charge is -2.27. The number of hydrogen-bond acceptors (Lipinski definition) is 5. The first-order chi connectivity index (χ1) is 13.1. The summed E-state index contributed by atoms with van der Waals surface area (Å²) in [5.41, 5.74) is 0.828. The zero-order chi connectivity index (χ0) is 19.9. The molecule has 148 valence electrons. The fourth-order valence-electron chi connectivity index (χ4n) is 2.27. The van der Waals surface area contributed by atoms with E-state index in [9.17, 15) is 14.4 Å². The van der Waals surface area contributed by atoms with Crippen molar-refractivity contribution < 1.29 is 23.9 Å². The number of rotatable bonds is 12. The van der Waals surface area contributed by atoms with Crippen molar-refractivity contribution in [3.63, 3.8) is 0 Å². The fourth-order valence-corrected chi connectivity index (χ4v) is 2.27. The molecule has 0 fully saturated rings. The second-order valence-electron chi connectivity index (χ2n) is 5.52. The zero-order valence-corrected chi connectivity index (χ0v) is 16.0. The van der Waals surface area contributed by atoms with Crippen LogP contribution in [0.1, 0.15) is 19.4 Å². The predicted octanol–water partition coefficient (Wildman–Crippen LogP) is 2.22. The molecule has 0 saturated heterocycles. The summed E-state index contributed by atoms with van der Waals surface area (Å²) < 4.78 is 10.6. The van der Waals surface area contributed by atoms with Crippen molar-refractivity contribution in [2.45, 2.75) is 13.8 Å². The molecule has 7 heteroatoms. The van der Waals surface area contributed by atoms with Gasteiger partial charge in [0.25, 0.3) is 5.91 Å². The van der Waals surface area contributed by atoms with Crippen LogP contribution >= 0.6 is 0 Å². The Hall–Kier alpha value is -2.51. The monoisotopic (exact) mass is 376 g/mol. The SMILES string of the molecule is CCOCCN(CCOCC)C(=O)N(CC=O)C(=O)C=Cc1ccccc1. The second kappa shape index (κ2) is 13.7. The average Bonchev–Trinajstić information content (AvgIpc) is 2.69. The molecule has 7 nitrogen and oxygen atoms in total. The molecule has 1 aromatic carbocycles. The topological polar surface area (TPSA) is 76.2 Å². The molecule has 1 rings (SSSR count). The number of carbonyl (C=O) groups excluding carboxylic acids is 3. The smallest absolute Gasteiger partial charge is 0.327 e. The van der Waals surface area contributed by atoms with E-state index in [4.69, 9.17) is 9.47 Å². The van der Waals surface area contributed by atoms with E-state index in [1.54, 1.807) is 6.08 Å². The van der Waals surface area contributed by atoms with Crippen molar-refractivity contribution in [3.8, 4) is 0 Å². The van der Waals surface area contributed by atoms with E-state index < -0.39 is 11.9 Å². The number of amides is 3. The Morgan fingerprint density at radius 3 is 2.11 bits per heavy atom. The van der Waals surface area contributed by atoms with Gasteiger partial charge in [0.15, 0.2) is 0 Å².